The molecule has 0 aromatic carbocycles. The molecule has 1 atom stereocenters. The van der Waals surface area contributed by atoms with Crippen molar-refractivity contribution in [2.45, 2.75) is 65.8 Å². The Morgan fingerprint density at radius 3 is 2.59 bits per heavy atom. The van der Waals surface area contributed by atoms with E-state index in [1.165, 1.54) is 58.3 Å². The van der Waals surface area contributed by atoms with Gasteiger partial charge in [-0.2, -0.15) is 0 Å². The molecule has 2 heteroatoms. The largest absolute Gasteiger partial charge is 0.313 e. The molecule has 0 aromatic rings. The molecule has 0 aromatic heterocycles. The predicted molar refractivity (Wildman–Crippen MR) is 76.4 cm³/mol. The van der Waals surface area contributed by atoms with E-state index in [1.54, 1.807) is 0 Å². The van der Waals surface area contributed by atoms with Gasteiger partial charge in [-0.3, -0.25) is 0 Å². The zero-order chi connectivity index (χ0) is 12.7. The molecule has 17 heavy (non-hydrogen) atoms. The number of rotatable bonds is 7. The summed E-state index contributed by atoms with van der Waals surface area (Å²) in [6.45, 7) is 14.4. The van der Waals surface area contributed by atoms with E-state index >= 15 is 0 Å². The van der Waals surface area contributed by atoms with E-state index in [1.807, 2.05) is 0 Å². The average molecular weight is 240 g/mol. The topological polar surface area (TPSA) is 15.3 Å². The highest BCUT2D eigenvalue weighted by Crippen LogP contribution is 2.28. The van der Waals surface area contributed by atoms with Gasteiger partial charge in [0.1, 0.15) is 0 Å². The molecule has 1 rings (SSSR count). The van der Waals surface area contributed by atoms with Crippen LogP contribution in [0.2, 0.25) is 0 Å². The fourth-order valence-corrected chi connectivity index (χ4v) is 2.97. The number of nitrogens with one attached hydrogen (secondary N) is 1. The molecule has 0 radical (unpaired) electrons. The normalized spacial score (nSPS) is 22.6. The first-order valence-electron chi connectivity index (χ1n) is 7.53. The molecule has 102 valence electrons. The van der Waals surface area contributed by atoms with E-state index in [4.69, 9.17) is 0 Å². The Morgan fingerprint density at radius 2 is 2.00 bits per heavy atom. The lowest BCUT2D eigenvalue weighted by Crippen LogP contribution is -2.47. The summed E-state index contributed by atoms with van der Waals surface area (Å²) < 4.78 is 0. The zero-order valence-electron chi connectivity index (χ0n) is 12.4. The number of likely N-dealkylation sites (tertiary alicyclic amines) is 1. The third-order valence-electron chi connectivity index (χ3n) is 3.78. The Morgan fingerprint density at radius 1 is 1.24 bits per heavy atom. The van der Waals surface area contributed by atoms with Crippen molar-refractivity contribution in [1.29, 1.82) is 0 Å². The summed E-state index contributed by atoms with van der Waals surface area (Å²) in [7, 11) is 0. The van der Waals surface area contributed by atoms with Crippen LogP contribution in [0.4, 0.5) is 0 Å². The molecule has 0 amide bonds. The molecular formula is C15H32N2. The minimum Gasteiger partial charge on any atom is -0.313 e. The number of piperidine rings is 1. The van der Waals surface area contributed by atoms with Gasteiger partial charge in [0.25, 0.3) is 0 Å². The van der Waals surface area contributed by atoms with Crippen molar-refractivity contribution < 1.29 is 0 Å². The van der Waals surface area contributed by atoms with E-state index in [2.05, 4.69) is 37.9 Å². The highest BCUT2D eigenvalue weighted by molar-refractivity contribution is 4.82. The van der Waals surface area contributed by atoms with Crippen LogP contribution in [0.1, 0.15) is 59.8 Å². The second kappa shape index (κ2) is 7.38. The Kier molecular flexibility index (Phi) is 6.50. The van der Waals surface area contributed by atoms with Crippen LogP contribution in [0.25, 0.3) is 0 Å². The van der Waals surface area contributed by atoms with Crippen LogP contribution >= 0.6 is 0 Å². The van der Waals surface area contributed by atoms with Crippen LogP contribution in [0.3, 0.4) is 0 Å². The first kappa shape index (κ1) is 15.0. The summed E-state index contributed by atoms with van der Waals surface area (Å²) in [5, 5.41) is 3.70. The van der Waals surface area contributed by atoms with Crippen molar-refractivity contribution in [3.8, 4) is 0 Å². The maximum Gasteiger partial charge on any atom is 0.0194 e. The minimum atomic E-state index is 0.528. The third kappa shape index (κ3) is 5.87. The molecule has 0 bridgehead atoms. The molecule has 2 nitrogen and oxygen atoms in total. The van der Waals surface area contributed by atoms with Gasteiger partial charge >= 0.3 is 0 Å². The molecule has 1 heterocycles. The summed E-state index contributed by atoms with van der Waals surface area (Å²) in [5.74, 6) is 0. The lowest BCUT2D eigenvalue weighted by molar-refractivity contribution is 0.106. The van der Waals surface area contributed by atoms with Gasteiger partial charge in [-0.15, -0.1) is 0 Å². The molecule has 1 N–H and O–H groups in total. The van der Waals surface area contributed by atoms with Crippen molar-refractivity contribution >= 4 is 0 Å². The maximum atomic E-state index is 3.70. The van der Waals surface area contributed by atoms with E-state index < -0.39 is 0 Å². The first-order valence-corrected chi connectivity index (χ1v) is 7.53. The van der Waals surface area contributed by atoms with Crippen LogP contribution in [0.15, 0.2) is 0 Å². The van der Waals surface area contributed by atoms with E-state index in [9.17, 15) is 0 Å². The van der Waals surface area contributed by atoms with Gasteiger partial charge in [-0.1, -0.05) is 34.1 Å². The van der Waals surface area contributed by atoms with Crippen molar-refractivity contribution in [2.75, 3.05) is 26.2 Å². The lowest BCUT2D eigenvalue weighted by atomic mass is 9.84. The summed E-state index contributed by atoms with van der Waals surface area (Å²) in [4.78, 5) is 2.67. The van der Waals surface area contributed by atoms with Crippen molar-refractivity contribution in [1.82, 2.24) is 10.2 Å². The van der Waals surface area contributed by atoms with Crippen LogP contribution in [0.5, 0.6) is 0 Å². The predicted octanol–water partition coefficient (Wildman–Crippen LogP) is 3.28. The molecule has 1 saturated heterocycles. The SMILES string of the molecule is CCCNC(CCC)CN1CCCC(C)(C)C1. The monoisotopic (exact) mass is 240 g/mol. The number of hydrogen-bond acceptors (Lipinski definition) is 2. The van der Waals surface area contributed by atoms with Crippen LogP contribution in [-0.2, 0) is 0 Å². The molecule has 1 aliphatic heterocycles. The fourth-order valence-electron chi connectivity index (χ4n) is 2.97. The molecule has 0 saturated carbocycles. The van der Waals surface area contributed by atoms with Gasteiger partial charge in [0.15, 0.2) is 0 Å². The van der Waals surface area contributed by atoms with Crippen LogP contribution in [-0.4, -0.2) is 37.1 Å². The zero-order valence-corrected chi connectivity index (χ0v) is 12.4. The Labute approximate surface area is 108 Å². The lowest BCUT2D eigenvalue weighted by Gasteiger charge is -2.39. The molecule has 1 unspecified atom stereocenters. The van der Waals surface area contributed by atoms with E-state index in [0.717, 1.165) is 0 Å². The third-order valence-corrected chi connectivity index (χ3v) is 3.78. The summed E-state index contributed by atoms with van der Waals surface area (Å²) in [6.07, 6.45) is 6.62. The van der Waals surface area contributed by atoms with Crippen molar-refractivity contribution in [2.24, 2.45) is 5.41 Å². The summed E-state index contributed by atoms with van der Waals surface area (Å²) >= 11 is 0. The Hall–Kier alpha value is -0.0800. The van der Waals surface area contributed by atoms with Gasteiger partial charge in [0.2, 0.25) is 0 Å². The van der Waals surface area contributed by atoms with Gasteiger partial charge in [-0.05, 0) is 44.2 Å². The second-order valence-corrected chi connectivity index (χ2v) is 6.44. The van der Waals surface area contributed by atoms with Crippen LogP contribution in [0, 0.1) is 5.41 Å². The molecular weight excluding hydrogens is 208 g/mol. The molecule has 0 spiro atoms. The highest BCUT2D eigenvalue weighted by Gasteiger charge is 2.27. The summed E-state index contributed by atoms with van der Waals surface area (Å²) in [6, 6.07) is 0.703. The van der Waals surface area contributed by atoms with Gasteiger partial charge in [0.05, 0.1) is 0 Å². The molecule has 0 aliphatic carbocycles. The smallest absolute Gasteiger partial charge is 0.0194 e. The number of nitrogens with zero attached hydrogens (tertiary/aromatic N) is 1. The Bertz CT molecular complexity index is 201. The maximum absolute atomic E-state index is 3.70. The second-order valence-electron chi connectivity index (χ2n) is 6.44. The number of hydrogen-bond donors (Lipinski definition) is 1. The van der Waals surface area contributed by atoms with E-state index in [-0.39, 0.29) is 0 Å². The van der Waals surface area contributed by atoms with Crippen LogP contribution < -0.4 is 5.32 Å². The van der Waals surface area contributed by atoms with Gasteiger partial charge < -0.3 is 10.2 Å². The van der Waals surface area contributed by atoms with Crippen molar-refractivity contribution in [3.63, 3.8) is 0 Å². The average Bonchev–Trinajstić information content (AvgIpc) is 2.25. The van der Waals surface area contributed by atoms with E-state index in [0.29, 0.717) is 11.5 Å². The minimum absolute atomic E-state index is 0.528. The summed E-state index contributed by atoms with van der Waals surface area (Å²) in [5.41, 5.74) is 0.528. The Balaban J connectivity index is 2.37. The molecule has 1 fully saturated rings. The van der Waals surface area contributed by atoms with Gasteiger partial charge in [-0.25, -0.2) is 0 Å². The molecule has 1 aliphatic rings. The van der Waals surface area contributed by atoms with Crippen molar-refractivity contribution in [3.05, 3.63) is 0 Å². The quantitative estimate of drug-likeness (QED) is 0.735. The standard InChI is InChI=1S/C15H32N2/c1-5-8-14(16-10-6-2)12-17-11-7-9-15(3,4)13-17/h14,16H,5-13H2,1-4H3. The highest BCUT2D eigenvalue weighted by atomic mass is 15.2. The first-order chi connectivity index (χ1) is 8.07. The van der Waals surface area contributed by atoms with Gasteiger partial charge in [0, 0.05) is 19.1 Å². The fraction of sp³-hybridized carbons (Fsp3) is 1.00.